The van der Waals surface area contributed by atoms with E-state index in [2.05, 4.69) is 26.2 Å². The number of hydrogen-bond donors (Lipinski definition) is 0. The first-order chi connectivity index (χ1) is 12.9. The molecule has 0 aliphatic heterocycles. The van der Waals surface area contributed by atoms with Gasteiger partial charge in [-0.3, -0.25) is 4.98 Å². The van der Waals surface area contributed by atoms with Gasteiger partial charge in [-0.25, -0.2) is 4.98 Å². The molecule has 26 heavy (non-hydrogen) atoms. The van der Waals surface area contributed by atoms with Crippen molar-refractivity contribution < 1.29 is 4.42 Å². The Morgan fingerprint density at radius 2 is 1.50 bits per heavy atom. The molecule has 124 valence electrons. The van der Waals surface area contributed by atoms with Crippen LogP contribution in [-0.4, -0.2) is 20.2 Å². The van der Waals surface area contributed by atoms with E-state index in [1.54, 1.807) is 17.5 Å². The minimum atomic E-state index is 0.413. The van der Waals surface area contributed by atoms with Gasteiger partial charge in [0, 0.05) is 17.3 Å². The predicted octanol–water partition coefficient (Wildman–Crippen LogP) is 5.08. The molecule has 0 N–H and O–H groups in total. The number of rotatable bonds is 3. The molecule has 0 unspecified atom stereocenters. The molecule has 2 aromatic carbocycles. The summed E-state index contributed by atoms with van der Waals surface area (Å²) in [5, 5.41) is 9.21. The van der Waals surface area contributed by atoms with Crippen LogP contribution in [0.5, 0.6) is 0 Å². The van der Waals surface area contributed by atoms with Crippen molar-refractivity contribution in [2.75, 3.05) is 0 Å². The van der Waals surface area contributed by atoms with Gasteiger partial charge < -0.3 is 4.42 Å². The molecule has 0 radical (unpaired) electrons. The molecule has 0 bridgehead atoms. The Morgan fingerprint density at radius 3 is 2.31 bits per heavy atom. The van der Waals surface area contributed by atoms with Crippen LogP contribution in [0.25, 0.3) is 43.8 Å². The highest BCUT2D eigenvalue weighted by atomic mass is 32.1. The third-order valence-corrected chi connectivity index (χ3v) is 5.07. The molecule has 5 aromatic rings. The average molecular weight is 356 g/mol. The highest BCUT2D eigenvalue weighted by Gasteiger charge is 2.12. The molecule has 0 aliphatic rings. The van der Waals surface area contributed by atoms with Crippen LogP contribution in [0, 0.1) is 0 Å². The summed E-state index contributed by atoms with van der Waals surface area (Å²) in [5.74, 6) is 0.886. The molecule has 6 heteroatoms. The van der Waals surface area contributed by atoms with Crippen molar-refractivity contribution in [1.82, 2.24) is 20.2 Å². The second-order valence-electron chi connectivity index (χ2n) is 5.69. The number of pyridine rings is 1. The van der Waals surface area contributed by atoms with Crippen molar-refractivity contribution >= 4 is 21.6 Å². The van der Waals surface area contributed by atoms with Crippen LogP contribution in [0.15, 0.2) is 77.3 Å². The van der Waals surface area contributed by atoms with Crippen molar-refractivity contribution in [2.24, 2.45) is 0 Å². The van der Waals surface area contributed by atoms with Gasteiger partial charge in [-0.15, -0.1) is 21.5 Å². The number of para-hydroxylation sites is 1. The van der Waals surface area contributed by atoms with E-state index < -0.39 is 0 Å². The van der Waals surface area contributed by atoms with Crippen molar-refractivity contribution in [3.63, 3.8) is 0 Å². The van der Waals surface area contributed by atoms with Crippen LogP contribution in [0.1, 0.15) is 0 Å². The standard InChI is InChI=1S/C20H12N4OS/c1-2-7-17-15(5-1)22-20(26-17)14-10-8-13(9-11-14)18-23-24-19(25-18)16-6-3-4-12-21-16/h1-12H. The zero-order valence-corrected chi connectivity index (χ0v) is 14.4. The van der Waals surface area contributed by atoms with E-state index in [-0.39, 0.29) is 0 Å². The van der Waals surface area contributed by atoms with Gasteiger partial charge >= 0.3 is 0 Å². The minimum Gasteiger partial charge on any atom is -0.415 e. The first-order valence-corrected chi connectivity index (χ1v) is 8.90. The summed E-state index contributed by atoms with van der Waals surface area (Å²) < 4.78 is 6.94. The van der Waals surface area contributed by atoms with Crippen molar-refractivity contribution in [3.8, 4) is 33.6 Å². The smallest absolute Gasteiger partial charge is 0.266 e. The van der Waals surface area contributed by atoms with Gasteiger partial charge in [0.15, 0.2) is 0 Å². The molecule has 3 aromatic heterocycles. The van der Waals surface area contributed by atoms with E-state index >= 15 is 0 Å². The maximum atomic E-state index is 5.75. The zero-order valence-electron chi connectivity index (χ0n) is 13.5. The first-order valence-electron chi connectivity index (χ1n) is 8.08. The normalized spacial score (nSPS) is 11.1. The van der Waals surface area contributed by atoms with E-state index in [0.29, 0.717) is 17.5 Å². The highest BCUT2D eigenvalue weighted by Crippen LogP contribution is 2.31. The minimum absolute atomic E-state index is 0.413. The third kappa shape index (κ3) is 2.66. The van der Waals surface area contributed by atoms with Gasteiger partial charge in [0.1, 0.15) is 10.7 Å². The Labute approximate surface area is 153 Å². The van der Waals surface area contributed by atoms with Crippen LogP contribution in [0.2, 0.25) is 0 Å². The van der Waals surface area contributed by atoms with Crippen molar-refractivity contribution in [2.45, 2.75) is 0 Å². The quantitative estimate of drug-likeness (QED) is 0.451. The fraction of sp³-hybridized carbons (Fsp3) is 0. The van der Waals surface area contributed by atoms with E-state index in [1.165, 1.54) is 4.70 Å². The van der Waals surface area contributed by atoms with Crippen LogP contribution in [-0.2, 0) is 0 Å². The maximum absolute atomic E-state index is 5.75. The second-order valence-corrected chi connectivity index (χ2v) is 6.72. The molecular formula is C20H12N4OS. The maximum Gasteiger partial charge on any atom is 0.266 e. The third-order valence-electron chi connectivity index (χ3n) is 3.98. The largest absolute Gasteiger partial charge is 0.415 e. The van der Waals surface area contributed by atoms with Crippen LogP contribution < -0.4 is 0 Å². The topological polar surface area (TPSA) is 64.7 Å². The van der Waals surface area contributed by atoms with E-state index in [1.807, 2.05) is 60.7 Å². The molecule has 5 rings (SSSR count). The zero-order chi connectivity index (χ0) is 17.3. The summed E-state index contributed by atoms with van der Waals surface area (Å²) in [4.78, 5) is 8.92. The Bertz CT molecular complexity index is 1150. The number of fused-ring (bicyclic) bond motifs is 1. The average Bonchev–Trinajstić information content (AvgIpc) is 3.36. The van der Waals surface area contributed by atoms with Crippen molar-refractivity contribution in [1.29, 1.82) is 0 Å². The van der Waals surface area contributed by atoms with Crippen LogP contribution in [0.4, 0.5) is 0 Å². The number of aromatic nitrogens is 4. The summed E-state index contributed by atoms with van der Waals surface area (Å²) in [6.45, 7) is 0. The lowest BCUT2D eigenvalue weighted by Gasteiger charge is -1.98. The highest BCUT2D eigenvalue weighted by molar-refractivity contribution is 7.21. The summed E-state index contributed by atoms with van der Waals surface area (Å²) in [6, 6.07) is 21.7. The van der Waals surface area contributed by atoms with Crippen LogP contribution >= 0.6 is 11.3 Å². The molecule has 0 spiro atoms. The van der Waals surface area contributed by atoms with Crippen molar-refractivity contribution in [3.05, 3.63) is 72.9 Å². The molecule has 0 atom stereocenters. The molecule has 0 saturated carbocycles. The van der Waals surface area contributed by atoms with Gasteiger partial charge in [-0.1, -0.05) is 30.3 Å². The Hall–Kier alpha value is -3.38. The van der Waals surface area contributed by atoms with Gasteiger partial charge in [-0.2, -0.15) is 0 Å². The summed E-state index contributed by atoms with van der Waals surface area (Å²) >= 11 is 1.68. The summed E-state index contributed by atoms with van der Waals surface area (Å²) in [7, 11) is 0. The first kappa shape index (κ1) is 14.9. The van der Waals surface area contributed by atoms with Gasteiger partial charge in [0.2, 0.25) is 5.89 Å². The summed E-state index contributed by atoms with van der Waals surface area (Å²) in [5.41, 5.74) is 3.62. The SMILES string of the molecule is c1ccc(-c2nnc(-c3ccc(-c4nc5ccccc5s4)cc3)o2)nc1. The molecular weight excluding hydrogens is 344 g/mol. The summed E-state index contributed by atoms with van der Waals surface area (Å²) in [6.07, 6.45) is 1.70. The Balaban J connectivity index is 1.46. The molecule has 0 saturated heterocycles. The predicted molar refractivity (Wildman–Crippen MR) is 102 cm³/mol. The van der Waals surface area contributed by atoms with E-state index in [0.717, 1.165) is 21.7 Å². The van der Waals surface area contributed by atoms with E-state index in [4.69, 9.17) is 4.42 Å². The van der Waals surface area contributed by atoms with Gasteiger partial charge in [0.25, 0.3) is 5.89 Å². The van der Waals surface area contributed by atoms with Gasteiger partial charge in [0.05, 0.1) is 10.2 Å². The number of hydrogen-bond acceptors (Lipinski definition) is 6. The lowest BCUT2D eigenvalue weighted by molar-refractivity contribution is 0.582. The lowest BCUT2D eigenvalue weighted by atomic mass is 10.1. The number of nitrogens with zero attached hydrogens (tertiary/aromatic N) is 4. The lowest BCUT2D eigenvalue weighted by Crippen LogP contribution is -1.80. The molecule has 0 amide bonds. The number of thiazole rings is 1. The molecule has 3 heterocycles. The van der Waals surface area contributed by atoms with E-state index in [9.17, 15) is 0 Å². The van der Waals surface area contributed by atoms with Gasteiger partial charge in [-0.05, 0) is 36.4 Å². The Kier molecular flexibility index (Phi) is 3.54. The molecule has 0 fully saturated rings. The monoisotopic (exact) mass is 356 g/mol. The number of benzene rings is 2. The van der Waals surface area contributed by atoms with Crippen LogP contribution in [0.3, 0.4) is 0 Å². The fourth-order valence-corrected chi connectivity index (χ4v) is 3.65. The molecule has 5 nitrogen and oxygen atoms in total. The Morgan fingerprint density at radius 1 is 0.731 bits per heavy atom. The second kappa shape index (κ2) is 6.16. The molecule has 0 aliphatic carbocycles. The fourth-order valence-electron chi connectivity index (χ4n) is 2.68.